The van der Waals surface area contributed by atoms with Gasteiger partial charge < -0.3 is 5.32 Å². The normalized spacial score (nSPS) is 9.38. The van der Waals surface area contributed by atoms with Crippen molar-refractivity contribution in [1.29, 1.82) is 0 Å². The summed E-state index contributed by atoms with van der Waals surface area (Å²) in [5.74, 6) is -0.316. The first-order chi connectivity index (χ1) is 6.15. The minimum Gasteiger partial charge on any atom is -0.321 e. The molecule has 0 aromatic heterocycles. The standard InChI is InChI=1S/C9H7Cl2NO/c1-2-8(13)12-7-5-3-4-6(10)9(7)11/h2-5H,1H2,(H,12,13). The van der Waals surface area contributed by atoms with E-state index in [1.54, 1.807) is 18.2 Å². The van der Waals surface area contributed by atoms with Gasteiger partial charge in [0.15, 0.2) is 0 Å². The zero-order valence-corrected chi connectivity index (χ0v) is 8.19. The number of carbonyl (C=O) groups is 1. The Kier molecular flexibility index (Phi) is 3.34. The minimum absolute atomic E-state index is 0.316. The topological polar surface area (TPSA) is 29.1 Å². The van der Waals surface area contributed by atoms with E-state index in [-0.39, 0.29) is 5.91 Å². The maximum absolute atomic E-state index is 10.9. The van der Waals surface area contributed by atoms with Gasteiger partial charge in [0.1, 0.15) is 0 Å². The molecule has 68 valence electrons. The molecular weight excluding hydrogens is 209 g/mol. The van der Waals surface area contributed by atoms with E-state index < -0.39 is 0 Å². The van der Waals surface area contributed by atoms with E-state index in [1.807, 2.05) is 0 Å². The van der Waals surface area contributed by atoms with Crippen LogP contribution in [0, 0.1) is 0 Å². The predicted molar refractivity (Wildman–Crippen MR) is 55.3 cm³/mol. The molecule has 1 rings (SSSR count). The molecule has 2 nitrogen and oxygen atoms in total. The third-order valence-electron chi connectivity index (χ3n) is 1.39. The van der Waals surface area contributed by atoms with Crippen LogP contribution in [0.4, 0.5) is 5.69 Å². The Morgan fingerprint density at radius 2 is 2.15 bits per heavy atom. The fourth-order valence-corrected chi connectivity index (χ4v) is 1.13. The highest BCUT2D eigenvalue weighted by Crippen LogP contribution is 2.29. The van der Waals surface area contributed by atoms with E-state index in [2.05, 4.69) is 11.9 Å². The van der Waals surface area contributed by atoms with Crippen molar-refractivity contribution in [3.63, 3.8) is 0 Å². The Morgan fingerprint density at radius 1 is 1.46 bits per heavy atom. The first-order valence-electron chi connectivity index (χ1n) is 3.52. The van der Waals surface area contributed by atoms with Gasteiger partial charge in [-0.25, -0.2) is 0 Å². The summed E-state index contributed by atoms with van der Waals surface area (Å²) in [7, 11) is 0. The lowest BCUT2D eigenvalue weighted by Gasteiger charge is -2.05. The van der Waals surface area contributed by atoms with Crippen LogP contribution in [-0.2, 0) is 4.79 Å². The van der Waals surface area contributed by atoms with Gasteiger partial charge in [-0.15, -0.1) is 0 Å². The number of halogens is 2. The molecule has 0 atom stereocenters. The number of nitrogens with one attached hydrogen (secondary N) is 1. The van der Waals surface area contributed by atoms with E-state index >= 15 is 0 Å². The monoisotopic (exact) mass is 215 g/mol. The molecule has 13 heavy (non-hydrogen) atoms. The summed E-state index contributed by atoms with van der Waals surface area (Å²) in [5.41, 5.74) is 0.485. The number of amides is 1. The van der Waals surface area contributed by atoms with Crippen LogP contribution in [0.5, 0.6) is 0 Å². The van der Waals surface area contributed by atoms with E-state index in [1.165, 1.54) is 0 Å². The highest BCUT2D eigenvalue weighted by Gasteiger charge is 2.04. The quantitative estimate of drug-likeness (QED) is 0.756. The van der Waals surface area contributed by atoms with Crippen LogP contribution in [-0.4, -0.2) is 5.91 Å². The van der Waals surface area contributed by atoms with Gasteiger partial charge in [0.2, 0.25) is 5.91 Å². The van der Waals surface area contributed by atoms with Gasteiger partial charge >= 0.3 is 0 Å². The molecule has 0 radical (unpaired) electrons. The van der Waals surface area contributed by atoms with E-state index in [0.29, 0.717) is 15.7 Å². The second-order valence-electron chi connectivity index (χ2n) is 2.29. The van der Waals surface area contributed by atoms with Gasteiger partial charge in [0, 0.05) is 0 Å². The van der Waals surface area contributed by atoms with Crippen LogP contribution < -0.4 is 5.32 Å². The number of hydrogen-bond donors (Lipinski definition) is 1. The zero-order chi connectivity index (χ0) is 9.84. The van der Waals surface area contributed by atoms with Crippen LogP contribution >= 0.6 is 23.2 Å². The number of carbonyl (C=O) groups excluding carboxylic acids is 1. The van der Waals surface area contributed by atoms with Crippen molar-refractivity contribution in [3.8, 4) is 0 Å². The lowest BCUT2D eigenvalue weighted by molar-refractivity contribution is -0.111. The summed E-state index contributed by atoms with van der Waals surface area (Å²) in [6.45, 7) is 3.32. The predicted octanol–water partition coefficient (Wildman–Crippen LogP) is 3.12. The van der Waals surface area contributed by atoms with Crippen LogP contribution in [0.25, 0.3) is 0 Å². The maximum Gasteiger partial charge on any atom is 0.247 e. The summed E-state index contributed by atoms with van der Waals surface area (Å²) in [4.78, 5) is 10.9. The average Bonchev–Trinajstić information content (AvgIpc) is 2.13. The average molecular weight is 216 g/mol. The summed E-state index contributed by atoms with van der Waals surface area (Å²) in [6, 6.07) is 5.01. The molecule has 4 heteroatoms. The molecule has 0 saturated carbocycles. The largest absolute Gasteiger partial charge is 0.321 e. The molecule has 0 bridgehead atoms. The van der Waals surface area contributed by atoms with E-state index in [0.717, 1.165) is 6.08 Å². The summed E-state index contributed by atoms with van der Waals surface area (Å²) >= 11 is 11.5. The second-order valence-corrected chi connectivity index (χ2v) is 3.08. The Morgan fingerprint density at radius 3 is 2.77 bits per heavy atom. The molecular formula is C9H7Cl2NO. The zero-order valence-electron chi connectivity index (χ0n) is 6.68. The highest BCUT2D eigenvalue weighted by atomic mass is 35.5. The van der Waals surface area contributed by atoms with E-state index in [9.17, 15) is 4.79 Å². The molecule has 0 fully saturated rings. The lowest BCUT2D eigenvalue weighted by atomic mass is 10.3. The third kappa shape index (κ3) is 2.47. The molecule has 0 aliphatic heterocycles. The lowest BCUT2D eigenvalue weighted by Crippen LogP contribution is -2.07. The number of anilines is 1. The Hall–Kier alpha value is -0.990. The Bertz CT molecular complexity index is 349. The van der Waals surface area contributed by atoms with Crippen molar-refractivity contribution >= 4 is 34.8 Å². The Labute approximate surface area is 86.2 Å². The van der Waals surface area contributed by atoms with Gasteiger partial charge in [-0.2, -0.15) is 0 Å². The minimum atomic E-state index is -0.316. The van der Waals surface area contributed by atoms with Gasteiger partial charge in [-0.05, 0) is 18.2 Å². The first kappa shape index (κ1) is 10.1. The first-order valence-corrected chi connectivity index (χ1v) is 4.28. The maximum atomic E-state index is 10.9. The second kappa shape index (κ2) is 4.30. The van der Waals surface area contributed by atoms with Crippen molar-refractivity contribution in [2.45, 2.75) is 0 Å². The summed E-state index contributed by atoms with van der Waals surface area (Å²) < 4.78 is 0. The highest BCUT2D eigenvalue weighted by molar-refractivity contribution is 6.44. The van der Waals surface area contributed by atoms with Crippen molar-refractivity contribution in [2.24, 2.45) is 0 Å². The summed E-state index contributed by atoms with van der Waals surface area (Å²) in [6.07, 6.45) is 1.16. The van der Waals surface area contributed by atoms with Crippen LogP contribution in [0.1, 0.15) is 0 Å². The molecule has 0 aliphatic rings. The SMILES string of the molecule is C=CC(=O)Nc1cccc(Cl)c1Cl. The fraction of sp³-hybridized carbons (Fsp3) is 0. The Balaban J connectivity index is 2.95. The van der Waals surface area contributed by atoms with Crippen molar-refractivity contribution in [2.75, 3.05) is 5.32 Å². The van der Waals surface area contributed by atoms with Gasteiger partial charge in [0.25, 0.3) is 0 Å². The van der Waals surface area contributed by atoms with Crippen molar-refractivity contribution in [1.82, 2.24) is 0 Å². The number of benzene rings is 1. The molecule has 1 aromatic carbocycles. The smallest absolute Gasteiger partial charge is 0.247 e. The molecule has 0 heterocycles. The fourth-order valence-electron chi connectivity index (χ4n) is 0.784. The molecule has 1 N–H and O–H groups in total. The molecule has 0 aliphatic carbocycles. The molecule has 1 aromatic rings. The summed E-state index contributed by atoms with van der Waals surface area (Å²) in [5, 5.41) is 3.27. The van der Waals surface area contributed by atoms with E-state index in [4.69, 9.17) is 23.2 Å². The van der Waals surface area contributed by atoms with Gasteiger partial charge in [-0.3, -0.25) is 4.79 Å². The number of hydrogen-bond acceptors (Lipinski definition) is 1. The van der Waals surface area contributed by atoms with Crippen molar-refractivity contribution < 1.29 is 4.79 Å². The number of rotatable bonds is 2. The van der Waals surface area contributed by atoms with Crippen molar-refractivity contribution in [3.05, 3.63) is 40.9 Å². The van der Waals surface area contributed by atoms with Crippen LogP contribution in [0.3, 0.4) is 0 Å². The molecule has 1 amide bonds. The van der Waals surface area contributed by atoms with Gasteiger partial charge in [-0.1, -0.05) is 35.8 Å². The molecule has 0 unspecified atom stereocenters. The molecule has 0 saturated heterocycles. The third-order valence-corrected chi connectivity index (χ3v) is 2.21. The molecule has 0 spiro atoms. The van der Waals surface area contributed by atoms with Crippen LogP contribution in [0.15, 0.2) is 30.9 Å². The van der Waals surface area contributed by atoms with Crippen LogP contribution in [0.2, 0.25) is 10.0 Å². The van der Waals surface area contributed by atoms with Gasteiger partial charge in [0.05, 0.1) is 15.7 Å².